The zero-order valence-electron chi connectivity index (χ0n) is 13.7. The molecular weight excluding hydrogens is 350 g/mol. The van der Waals surface area contributed by atoms with Crippen LogP contribution < -0.4 is 0 Å². The molecule has 25 heavy (non-hydrogen) atoms. The molecule has 7 heteroatoms. The van der Waals surface area contributed by atoms with Crippen molar-refractivity contribution in [1.29, 1.82) is 0 Å². The maximum Gasteiger partial charge on any atom is 0.143 e. The van der Waals surface area contributed by atoms with Crippen LogP contribution in [0.5, 0.6) is 0 Å². The molecule has 0 aliphatic carbocycles. The van der Waals surface area contributed by atoms with Crippen LogP contribution in [0.3, 0.4) is 0 Å². The molecule has 1 aliphatic heterocycles. The van der Waals surface area contributed by atoms with Crippen molar-refractivity contribution in [1.82, 2.24) is 24.7 Å². The minimum absolute atomic E-state index is 0.753. The van der Waals surface area contributed by atoms with Gasteiger partial charge in [-0.3, -0.25) is 0 Å². The Labute approximate surface area is 153 Å². The summed E-state index contributed by atoms with van der Waals surface area (Å²) in [6.45, 7) is 1.04. The maximum absolute atomic E-state index is 4.81. The van der Waals surface area contributed by atoms with E-state index in [4.69, 9.17) is 9.97 Å². The molecule has 126 valence electrons. The summed E-state index contributed by atoms with van der Waals surface area (Å²) in [5, 5.41) is 13.0. The van der Waals surface area contributed by atoms with E-state index in [1.807, 2.05) is 18.2 Å². The van der Waals surface area contributed by atoms with Crippen molar-refractivity contribution in [2.45, 2.75) is 38.6 Å². The summed E-state index contributed by atoms with van der Waals surface area (Å²) in [5.41, 5.74) is 2.01. The molecule has 0 saturated heterocycles. The molecule has 1 aromatic carbocycles. The lowest BCUT2D eigenvalue weighted by molar-refractivity contribution is 0.611. The minimum Gasteiger partial charge on any atom is -0.315 e. The minimum atomic E-state index is 0.753. The molecule has 0 spiro atoms. The molecule has 0 atom stereocenters. The van der Waals surface area contributed by atoms with Crippen molar-refractivity contribution < 1.29 is 0 Å². The van der Waals surface area contributed by atoms with Gasteiger partial charge in [0.15, 0.2) is 0 Å². The standard InChI is InChI=1S/C18H17N5S2/c1-2-8-15-21-22-16(23(15)9-5-1)10-17-19-13(11-24-17)18-20-12-6-3-4-7-14(12)25-18/h3-4,6-7,11H,1-2,5,8-10H2. The Balaban J connectivity index is 1.42. The molecule has 0 saturated carbocycles. The Bertz CT molecular complexity index is 996. The summed E-state index contributed by atoms with van der Waals surface area (Å²) in [6, 6.07) is 8.23. The van der Waals surface area contributed by atoms with Crippen LogP contribution in [0.2, 0.25) is 0 Å². The first kappa shape index (κ1) is 15.2. The lowest BCUT2D eigenvalue weighted by Crippen LogP contribution is -2.06. The quantitative estimate of drug-likeness (QED) is 0.541. The van der Waals surface area contributed by atoms with Gasteiger partial charge in [0, 0.05) is 18.3 Å². The molecule has 0 amide bonds. The van der Waals surface area contributed by atoms with Gasteiger partial charge in [0.1, 0.15) is 27.4 Å². The monoisotopic (exact) mass is 367 g/mol. The second-order valence-electron chi connectivity index (χ2n) is 6.28. The van der Waals surface area contributed by atoms with Crippen molar-refractivity contribution in [3.8, 4) is 10.7 Å². The van der Waals surface area contributed by atoms with Crippen LogP contribution in [0.25, 0.3) is 20.9 Å². The Hall–Kier alpha value is -2.12. The Morgan fingerprint density at radius 1 is 1.04 bits per heavy atom. The van der Waals surface area contributed by atoms with Crippen LogP contribution in [0.1, 0.15) is 35.9 Å². The molecule has 4 aromatic rings. The van der Waals surface area contributed by atoms with Crippen molar-refractivity contribution in [3.05, 3.63) is 46.3 Å². The summed E-state index contributed by atoms with van der Waals surface area (Å²) in [6.07, 6.45) is 5.51. The van der Waals surface area contributed by atoms with Crippen LogP contribution in [0.15, 0.2) is 29.6 Å². The number of aromatic nitrogens is 5. The molecule has 0 fully saturated rings. The number of rotatable bonds is 3. The summed E-state index contributed by atoms with van der Waals surface area (Å²) in [7, 11) is 0. The Kier molecular flexibility index (Phi) is 3.83. The van der Waals surface area contributed by atoms with Gasteiger partial charge < -0.3 is 4.57 Å². The molecule has 5 nitrogen and oxygen atoms in total. The smallest absolute Gasteiger partial charge is 0.143 e. The topological polar surface area (TPSA) is 56.5 Å². The van der Waals surface area contributed by atoms with Crippen molar-refractivity contribution in [2.24, 2.45) is 0 Å². The number of hydrogen-bond donors (Lipinski definition) is 0. The predicted octanol–water partition coefficient (Wildman–Crippen LogP) is 4.33. The largest absolute Gasteiger partial charge is 0.315 e. The summed E-state index contributed by atoms with van der Waals surface area (Å²) in [5.74, 6) is 2.18. The number of aryl methyl sites for hydroxylation is 1. The highest BCUT2D eigenvalue weighted by molar-refractivity contribution is 7.21. The summed E-state index contributed by atoms with van der Waals surface area (Å²) >= 11 is 3.38. The van der Waals surface area contributed by atoms with Crippen LogP contribution >= 0.6 is 22.7 Å². The third kappa shape index (κ3) is 2.87. The van der Waals surface area contributed by atoms with E-state index in [1.165, 1.54) is 24.0 Å². The Morgan fingerprint density at radius 3 is 2.96 bits per heavy atom. The first-order chi connectivity index (χ1) is 12.4. The second-order valence-corrected chi connectivity index (χ2v) is 8.26. The molecule has 5 rings (SSSR count). The first-order valence-electron chi connectivity index (χ1n) is 8.58. The van der Waals surface area contributed by atoms with Crippen molar-refractivity contribution in [2.75, 3.05) is 0 Å². The third-order valence-electron chi connectivity index (χ3n) is 4.56. The fourth-order valence-corrected chi connectivity index (χ4v) is 5.06. The average molecular weight is 368 g/mol. The van der Waals surface area contributed by atoms with E-state index in [9.17, 15) is 0 Å². The van der Waals surface area contributed by atoms with Gasteiger partial charge in [0.2, 0.25) is 0 Å². The van der Waals surface area contributed by atoms with E-state index in [1.54, 1.807) is 22.7 Å². The summed E-state index contributed by atoms with van der Waals surface area (Å²) in [4.78, 5) is 9.51. The molecule has 4 heterocycles. The highest BCUT2D eigenvalue weighted by atomic mass is 32.1. The van der Waals surface area contributed by atoms with Crippen LogP contribution in [-0.4, -0.2) is 24.7 Å². The van der Waals surface area contributed by atoms with Gasteiger partial charge >= 0.3 is 0 Å². The number of benzene rings is 1. The normalized spacial score (nSPS) is 14.6. The first-order valence-corrected chi connectivity index (χ1v) is 10.3. The van der Waals surface area contributed by atoms with E-state index < -0.39 is 0 Å². The van der Waals surface area contributed by atoms with Crippen molar-refractivity contribution in [3.63, 3.8) is 0 Å². The molecule has 0 radical (unpaired) electrons. The molecule has 3 aromatic heterocycles. The van der Waals surface area contributed by atoms with Gasteiger partial charge in [-0.1, -0.05) is 18.6 Å². The fraction of sp³-hybridized carbons (Fsp3) is 0.333. The zero-order chi connectivity index (χ0) is 16.6. The van der Waals surface area contributed by atoms with Gasteiger partial charge in [0.25, 0.3) is 0 Å². The average Bonchev–Trinajstić information content (AvgIpc) is 3.31. The molecule has 0 bridgehead atoms. The second kappa shape index (κ2) is 6.31. The summed E-state index contributed by atoms with van der Waals surface area (Å²) < 4.78 is 3.50. The van der Waals surface area contributed by atoms with Gasteiger partial charge in [0.05, 0.1) is 16.6 Å². The SMILES string of the molecule is c1ccc2sc(-c3csc(Cc4nnc5n4CCCCC5)n3)nc2c1. The lowest BCUT2D eigenvalue weighted by atomic mass is 10.2. The highest BCUT2D eigenvalue weighted by Gasteiger charge is 2.17. The van der Waals surface area contributed by atoms with E-state index in [-0.39, 0.29) is 0 Å². The third-order valence-corrected chi connectivity index (χ3v) is 6.47. The van der Waals surface area contributed by atoms with Gasteiger partial charge in [-0.15, -0.1) is 32.9 Å². The number of thiazole rings is 2. The van der Waals surface area contributed by atoms with Gasteiger partial charge in [-0.25, -0.2) is 9.97 Å². The van der Waals surface area contributed by atoms with Crippen molar-refractivity contribution >= 4 is 32.9 Å². The van der Waals surface area contributed by atoms with E-state index in [0.717, 1.165) is 52.3 Å². The van der Waals surface area contributed by atoms with Gasteiger partial charge in [-0.2, -0.15) is 0 Å². The van der Waals surface area contributed by atoms with Crippen LogP contribution in [-0.2, 0) is 19.4 Å². The highest BCUT2D eigenvalue weighted by Crippen LogP contribution is 2.31. The molecule has 1 aliphatic rings. The zero-order valence-corrected chi connectivity index (χ0v) is 15.3. The number of fused-ring (bicyclic) bond motifs is 2. The van der Waals surface area contributed by atoms with E-state index in [2.05, 4.69) is 26.2 Å². The van der Waals surface area contributed by atoms with Crippen LogP contribution in [0, 0.1) is 0 Å². The number of hydrogen-bond acceptors (Lipinski definition) is 6. The number of nitrogens with zero attached hydrogens (tertiary/aromatic N) is 5. The molecule has 0 unspecified atom stereocenters. The van der Waals surface area contributed by atoms with Crippen LogP contribution in [0.4, 0.5) is 0 Å². The Morgan fingerprint density at radius 2 is 2.00 bits per heavy atom. The lowest BCUT2D eigenvalue weighted by Gasteiger charge is -2.05. The predicted molar refractivity (Wildman–Crippen MR) is 101 cm³/mol. The fourth-order valence-electron chi connectivity index (χ4n) is 3.28. The van der Waals surface area contributed by atoms with E-state index in [0.29, 0.717) is 0 Å². The van der Waals surface area contributed by atoms with E-state index >= 15 is 0 Å². The maximum atomic E-state index is 4.81. The molecular formula is C18H17N5S2. The molecule has 0 N–H and O–H groups in total. The number of para-hydroxylation sites is 1. The van der Waals surface area contributed by atoms with Gasteiger partial charge in [-0.05, 0) is 25.0 Å².